The second kappa shape index (κ2) is 7.05. The van der Waals surface area contributed by atoms with Crippen LogP contribution < -0.4 is 0 Å². The Bertz CT molecular complexity index is 1210. The molecule has 0 saturated carbocycles. The smallest absolute Gasteiger partial charge is 0.323 e. The molecule has 5 nitrogen and oxygen atoms in total. The molecule has 0 radical (unpaired) electrons. The van der Waals surface area contributed by atoms with Crippen LogP contribution in [0.1, 0.15) is 21.5 Å². The zero-order valence-corrected chi connectivity index (χ0v) is 14.7. The van der Waals surface area contributed by atoms with Crippen LogP contribution in [0.2, 0.25) is 5.02 Å². The van der Waals surface area contributed by atoms with E-state index < -0.39 is 0 Å². The van der Waals surface area contributed by atoms with E-state index in [0.29, 0.717) is 16.1 Å². The first-order valence-electron chi connectivity index (χ1n) is 8.15. The van der Waals surface area contributed by atoms with Gasteiger partial charge in [0.1, 0.15) is 0 Å². The van der Waals surface area contributed by atoms with Crippen molar-refractivity contribution < 1.29 is 14.4 Å². The molecule has 27 heavy (non-hydrogen) atoms. The number of nitrogens with zero attached hydrogens (tertiary/aromatic N) is 1. The second-order valence-electron chi connectivity index (χ2n) is 5.94. The van der Waals surface area contributed by atoms with E-state index in [1.165, 1.54) is 6.21 Å². The van der Waals surface area contributed by atoms with Gasteiger partial charge >= 0.3 is 6.47 Å². The molecule has 0 spiro atoms. The number of rotatable bonds is 5. The molecule has 6 heteroatoms. The molecule has 0 saturated heterocycles. The van der Waals surface area contributed by atoms with Crippen LogP contribution in [-0.2, 0) is 9.63 Å². The van der Waals surface area contributed by atoms with Gasteiger partial charge in [-0.1, -0.05) is 35.0 Å². The van der Waals surface area contributed by atoms with E-state index in [1.807, 2.05) is 30.3 Å². The van der Waals surface area contributed by atoms with Crippen LogP contribution in [0.25, 0.3) is 21.8 Å². The van der Waals surface area contributed by atoms with Crippen LogP contribution in [0.15, 0.2) is 65.8 Å². The number of oxime groups is 1. The molecular formula is C21H13ClN2O3. The van der Waals surface area contributed by atoms with E-state index in [9.17, 15) is 9.59 Å². The van der Waals surface area contributed by atoms with E-state index in [-0.39, 0.29) is 12.3 Å². The highest BCUT2D eigenvalue weighted by Crippen LogP contribution is 2.28. The van der Waals surface area contributed by atoms with Crippen molar-refractivity contribution in [2.45, 2.75) is 0 Å². The summed E-state index contributed by atoms with van der Waals surface area (Å²) in [4.78, 5) is 30.7. The quantitative estimate of drug-likeness (QED) is 0.180. The van der Waals surface area contributed by atoms with Gasteiger partial charge in [0.2, 0.25) is 0 Å². The number of halogens is 1. The maximum Gasteiger partial charge on any atom is 0.323 e. The number of ketones is 1. The third-order valence-electron chi connectivity index (χ3n) is 4.31. The average molecular weight is 377 g/mol. The van der Waals surface area contributed by atoms with Crippen molar-refractivity contribution in [3.05, 3.63) is 82.4 Å². The highest BCUT2D eigenvalue weighted by atomic mass is 35.5. The van der Waals surface area contributed by atoms with Crippen LogP contribution in [0.5, 0.6) is 0 Å². The Hall–Kier alpha value is -3.44. The summed E-state index contributed by atoms with van der Waals surface area (Å²) in [6.07, 6.45) is 1.45. The molecule has 4 aromatic rings. The highest BCUT2D eigenvalue weighted by Gasteiger charge is 2.14. The van der Waals surface area contributed by atoms with E-state index in [0.717, 1.165) is 27.4 Å². The molecule has 1 aromatic heterocycles. The molecule has 0 bridgehead atoms. The number of benzene rings is 3. The minimum atomic E-state index is -0.131. The zero-order chi connectivity index (χ0) is 18.8. The number of fused-ring (bicyclic) bond motifs is 3. The van der Waals surface area contributed by atoms with Crippen molar-refractivity contribution >= 4 is 51.9 Å². The first-order valence-corrected chi connectivity index (χ1v) is 8.53. The zero-order valence-electron chi connectivity index (χ0n) is 14.0. The molecule has 132 valence electrons. The van der Waals surface area contributed by atoms with Gasteiger partial charge in [-0.05, 0) is 48.0 Å². The summed E-state index contributed by atoms with van der Waals surface area (Å²) in [6.45, 7) is 0.257. The molecule has 1 heterocycles. The van der Waals surface area contributed by atoms with E-state index in [4.69, 9.17) is 11.6 Å². The summed E-state index contributed by atoms with van der Waals surface area (Å²) in [5, 5.41) is 5.83. The fourth-order valence-corrected chi connectivity index (χ4v) is 3.27. The van der Waals surface area contributed by atoms with Gasteiger partial charge in [0.05, 0.1) is 11.2 Å². The topological polar surface area (TPSA) is 71.5 Å². The van der Waals surface area contributed by atoms with Gasteiger partial charge < -0.3 is 9.82 Å². The van der Waals surface area contributed by atoms with Gasteiger partial charge in [0.25, 0.3) is 0 Å². The first-order chi connectivity index (χ1) is 13.2. The molecule has 0 atom stereocenters. The maximum atomic E-state index is 12.8. The minimum Gasteiger partial charge on any atom is -0.355 e. The van der Waals surface area contributed by atoms with E-state index in [2.05, 4.69) is 15.0 Å². The Morgan fingerprint density at radius 2 is 1.74 bits per heavy atom. The van der Waals surface area contributed by atoms with E-state index >= 15 is 0 Å². The molecule has 0 fully saturated rings. The molecule has 1 N–H and O–H groups in total. The third kappa shape index (κ3) is 3.20. The molecule has 0 amide bonds. The molecule has 0 aliphatic heterocycles. The monoisotopic (exact) mass is 376 g/mol. The van der Waals surface area contributed by atoms with Crippen LogP contribution in [0, 0.1) is 0 Å². The standard InChI is InChI=1S/C21H13ClN2O3/c22-18-4-2-1-3-15(18)21(26)14-6-8-20-17(10-14)16-9-13(11-23-27-12-25)5-7-19(16)24-20/h1-12,24H/b23-11-. The second-order valence-corrected chi connectivity index (χ2v) is 6.34. The number of carbonyl (C=O) groups is 2. The van der Waals surface area contributed by atoms with Gasteiger partial charge in [-0.2, -0.15) is 0 Å². The van der Waals surface area contributed by atoms with E-state index in [1.54, 1.807) is 30.3 Å². The summed E-state index contributed by atoms with van der Waals surface area (Å²) in [7, 11) is 0. The van der Waals surface area contributed by atoms with Crippen molar-refractivity contribution in [2.75, 3.05) is 0 Å². The molecular weight excluding hydrogens is 364 g/mol. The normalized spacial score (nSPS) is 11.3. The Morgan fingerprint density at radius 3 is 2.52 bits per heavy atom. The summed E-state index contributed by atoms with van der Waals surface area (Å²) < 4.78 is 0. The SMILES string of the molecule is O=CO/N=C\c1ccc2[nH]c3ccc(C(=O)c4ccccc4Cl)cc3c2c1. The van der Waals surface area contributed by atoms with Crippen molar-refractivity contribution in [3.63, 3.8) is 0 Å². The molecule has 3 aromatic carbocycles. The molecule has 4 rings (SSSR count). The fourth-order valence-electron chi connectivity index (χ4n) is 3.05. The minimum absolute atomic E-state index is 0.131. The predicted octanol–water partition coefficient (Wildman–Crippen LogP) is 4.71. The Kier molecular flexibility index (Phi) is 4.44. The van der Waals surface area contributed by atoms with Crippen molar-refractivity contribution in [3.8, 4) is 0 Å². The number of H-pyrrole nitrogens is 1. The number of carbonyl (C=O) groups excluding carboxylic acids is 2. The Labute approximate surface area is 159 Å². The molecule has 0 aliphatic rings. The number of hydrogen-bond acceptors (Lipinski definition) is 4. The number of aromatic nitrogens is 1. The first kappa shape index (κ1) is 17.0. The number of nitrogens with one attached hydrogen (secondary N) is 1. The Morgan fingerprint density at radius 1 is 1.00 bits per heavy atom. The number of aromatic amines is 1. The van der Waals surface area contributed by atoms with Gasteiger partial charge in [-0.3, -0.25) is 9.59 Å². The fraction of sp³-hybridized carbons (Fsp3) is 0. The van der Waals surface area contributed by atoms with Crippen molar-refractivity contribution in [1.82, 2.24) is 4.98 Å². The maximum absolute atomic E-state index is 12.8. The van der Waals surface area contributed by atoms with Crippen LogP contribution in [0.4, 0.5) is 0 Å². The summed E-state index contributed by atoms with van der Waals surface area (Å²) >= 11 is 6.16. The summed E-state index contributed by atoms with van der Waals surface area (Å²) in [5.74, 6) is -0.131. The summed E-state index contributed by atoms with van der Waals surface area (Å²) in [5.41, 5.74) is 3.64. The highest BCUT2D eigenvalue weighted by molar-refractivity contribution is 6.35. The van der Waals surface area contributed by atoms with Gasteiger partial charge in [0, 0.05) is 32.9 Å². The largest absolute Gasteiger partial charge is 0.355 e. The lowest BCUT2D eigenvalue weighted by Gasteiger charge is -2.04. The van der Waals surface area contributed by atoms with Gasteiger partial charge in [-0.15, -0.1) is 0 Å². The van der Waals surface area contributed by atoms with Crippen molar-refractivity contribution in [1.29, 1.82) is 0 Å². The number of hydrogen-bond donors (Lipinski definition) is 1. The predicted molar refractivity (Wildman–Crippen MR) is 105 cm³/mol. The lowest BCUT2D eigenvalue weighted by molar-refractivity contribution is -0.128. The van der Waals surface area contributed by atoms with Crippen LogP contribution in [-0.4, -0.2) is 23.5 Å². The van der Waals surface area contributed by atoms with Gasteiger partial charge in [-0.25, -0.2) is 0 Å². The molecule has 0 aliphatic carbocycles. The third-order valence-corrected chi connectivity index (χ3v) is 4.64. The average Bonchev–Trinajstić information content (AvgIpc) is 3.05. The molecule has 0 unspecified atom stereocenters. The van der Waals surface area contributed by atoms with Crippen LogP contribution >= 0.6 is 11.6 Å². The van der Waals surface area contributed by atoms with Crippen molar-refractivity contribution in [2.24, 2.45) is 5.16 Å². The van der Waals surface area contributed by atoms with Crippen LogP contribution in [0.3, 0.4) is 0 Å². The lowest BCUT2D eigenvalue weighted by atomic mass is 10.0. The summed E-state index contributed by atoms with van der Waals surface area (Å²) in [6, 6.07) is 18.2. The Balaban J connectivity index is 1.81. The lowest BCUT2D eigenvalue weighted by Crippen LogP contribution is -2.01. The van der Waals surface area contributed by atoms with Gasteiger partial charge in [0.15, 0.2) is 5.78 Å².